The van der Waals surface area contributed by atoms with Gasteiger partial charge in [-0.1, -0.05) is 12.1 Å². The van der Waals surface area contributed by atoms with Gasteiger partial charge in [-0.05, 0) is 43.3 Å². The van der Waals surface area contributed by atoms with Crippen LogP contribution >= 0.6 is 0 Å². The van der Waals surface area contributed by atoms with Crippen molar-refractivity contribution in [2.24, 2.45) is 0 Å². The van der Waals surface area contributed by atoms with Gasteiger partial charge in [0.25, 0.3) is 0 Å². The highest BCUT2D eigenvalue weighted by molar-refractivity contribution is 5.82. The van der Waals surface area contributed by atoms with E-state index in [0.29, 0.717) is 28.5 Å². The summed E-state index contributed by atoms with van der Waals surface area (Å²) >= 11 is 0. The smallest absolute Gasteiger partial charge is 0.154 e. The van der Waals surface area contributed by atoms with Gasteiger partial charge < -0.3 is 15.7 Å². The predicted molar refractivity (Wildman–Crippen MR) is 108 cm³/mol. The van der Waals surface area contributed by atoms with Crippen LogP contribution in [0.25, 0.3) is 28.6 Å². The van der Waals surface area contributed by atoms with Gasteiger partial charge in [0, 0.05) is 23.9 Å². The van der Waals surface area contributed by atoms with Crippen molar-refractivity contribution >= 4 is 17.7 Å². The van der Waals surface area contributed by atoms with E-state index in [1.54, 1.807) is 24.3 Å². The monoisotopic (exact) mass is 370 g/mol. The highest BCUT2D eigenvalue weighted by Crippen LogP contribution is 2.34. The van der Waals surface area contributed by atoms with Crippen molar-refractivity contribution in [2.45, 2.75) is 13.2 Å². The van der Waals surface area contributed by atoms with Gasteiger partial charge >= 0.3 is 0 Å². The van der Waals surface area contributed by atoms with E-state index in [0.717, 1.165) is 22.6 Å². The molecule has 0 fully saturated rings. The fourth-order valence-corrected chi connectivity index (χ4v) is 3.11. The number of aromatic nitrogens is 3. The van der Waals surface area contributed by atoms with Crippen LogP contribution in [-0.4, -0.2) is 33.3 Å². The second kappa shape index (κ2) is 7.10. The van der Waals surface area contributed by atoms with Crippen molar-refractivity contribution in [1.82, 2.24) is 15.0 Å². The van der Waals surface area contributed by atoms with E-state index in [4.69, 9.17) is 9.97 Å². The molecule has 7 heteroatoms. The Balaban J connectivity index is 1.98. The first-order valence-corrected chi connectivity index (χ1v) is 8.79. The number of fused-ring (bicyclic) bond motifs is 1. The molecule has 7 nitrogen and oxygen atoms in total. The number of nitriles is 1. The summed E-state index contributed by atoms with van der Waals surface area (Å²) in [6, 6.07) is 13.3. The summed E-state index contributed by atoms with van der Waals surface area (Å²) in [5.74, 6) is 1.23. The average molecular weight is 370 g/mol. The molecule has 3 aromatic rings. The molecule has 1 aliphatic rings. The summed E-state index contributed by atoms with van der Waals surface area (Å²) in [6.07, 6.45) is 2.55. The summed E-state index contributed by atoms with van der Waals surface area (Å²) in [6.45, 7) is 1.92. The van der Waals surface area contributed by atoms with Crippen LogP contribution in [0.3, 0.4) is 0 Å². The molecule has 0 amide bonds. The number of hydrogen-bond donors (Lipinski definition) is 3. The number of nitrogens with one attached hydrogen (secondary N) is 2. The number of benzene rings is 1. The van der Waals surface area contributed by atoms with Gasteiger partial charge in [-0.25, -0.2) is 15.0 Å². The van der Waals surface area contributed by atoms with E-state index in [-0.39, 0.29) is 0 Å². The zero-order valence-corrected chi connectivity index (χ0v) is 15.4. The van der Waals surface area contributed by atoms with Crippen molar-refractivity contribution in [3.05, 3.63) is 59.4 Å². The molecule has 28 heavy (non-hydrogen) atoms. The van der Waals surface area contributed by atoms with Crippen LogP contribution < -0.4 is 10.6 Å². The van der Waals surface area contributed by atoms with E-state index in [1.165, 1.54) is 0 Å². The average Bonchev–Trinajstić information content (AvgIpc) is 2.72. The largest absolute Gasteiger partial charge is 0.373 e. The molecular formula is C21H18N6O. The molecule has 4 rings (SSSR count). The van der Waals surface area contributed by atoms with Crippen molar-refractivity contribution < 1.29 is 5.11 Å². The Morgan fingerprint density at radius 2 is 1.93 bits per heavy atom. The van der Waals surface area contributed by atoms with Gasteiger partial charge in [0.2, 0.25) is 0 Å². The Kier molecular flexibility index (Phi) is 4.47. The molecule has 138 valence electrons. The van der Waals surface area contributed by atoms with E-state index >= 15 is 0 Å². The molecule has 0 radical (unpaired) electrons. The molecule has 0 spiro atoms. The Bertz CT molecular complexity index is 1130. The fraction of sp³-hybridized carbons (Fsp3) is 0.143. The number of hydrogen-bond acceptors (Lipinski definition) is 7. The zero-order valence-electron chi connectivity index (χ0n) is 15.4. The molecule has 1 atom stereocenters. The summed E-state index contributed by atoms with van der Waals surface area (Å²) in [7, 11) is 1.81. The zero-order chi connectivity index (χ0) is 19.7. The third-order valence-electron chi connectivity index (χ3n) is 4.39. The molecule has 0 aliphatic carbocycles. The van der Waals surface area contributed by atoms with Crippen molar-refractivity contribution in [2.75, 3.05) is 17.7 Å². The van der Waals surface area contributed by atoms with Crippen LogP contribution in [0.4, 0.5) is 11.6 Å². The molecule has 0 saturated carbocycles. The summed E-state index contributed by atoms with van der Waals surface area (Å²) in [4.78, 5) is 14.0. The highest BCUT2D eigenvalue weighted by atomic mass is 16.3. The molecule has 3 heterocycles. The minimum atomic E-state index is -0.815. The van der Waals surface area contributed by atoms with Gasteiger partial charge in [0.05, 0.1) is 23.0 Å². The Morgan fingerprint density at radius 1 is 1.11 bits per heavy atom. The lowest BCUT2D eigenvalue weighted by Gasteiger charge is -2.19. The van der Waals surface area contributed by atoms with Gasteiger partial charge in [-0.2, -0.15) is 5.26 Å². The number of aryl methyl sites for hydroxylation is 1. The van der Waals surface area contributed by atoms with Gasteiger partial charge in [0.15, 0.2) is 5.82 Å². The maximum absolute atomic E-state index is 9.87. The molecule has 0 bridgehead atoms. The quantitative estimate of drug-likeness (QED) is 0.650. The standard InChI is InChI=1S/C21H18N6O/c1-12-8-15(10-17(23-2)24-12)20-19(14-5-3-4-13(9-14)11-22)27-21-16(25-20)6-7-18(28)26-21/h3-10,18,28H,1-2H3,(H,23,24)(H,26,27). The normalized spacial score (nSPS) is 14.7. The van der Waals surface area contributed by atoms with Gasteiger partial charge in [-0.15, -0.1) is 0 Å². The van der Waals surface area contributed by atoms with Gasteiger partial charge in [0.1, 0.15) is 17.7 Å². The summed E-state index contributed by atoms with van der Waals surface area (Å²) < 4.78 is 0. The minimum Gasteiger partial charge on any atom is -0.373 e. The van der Waals surface area contributed by atoms with Crippen LogP contribution in [0.15, 0.2) is 42.5 Å². The number of nitrogens with zero attached hydrogens (tertiary/aromatic N) is 4. The molecule has 1 aliphatic heterocycles. The van der Waals surface area contributed by atoms with Crippen molar-refractivity contribution in [3.63, 3.8) is 0 Å². The number of pyridine rings is 1. The number of aliphatic hydroxyl groups excluding tert-OH is 1. The Labute approximate surface area is 162 Å². The second-order valence-corrected chi connectivity index (χ2v) is 6.43. The first-order chi connectivity index (χ1) is 13.6. The number of aliphatic hydroxyl groups is 1. The van der Waals surface area contributed by atoms with E-state index in [9.17, 15) is 10.4 Å². The van der Waals surface area contributed by atoms with Crippen LogP contribution in [0.2, 0.25) is 0 Å². The van der Waals surface area contributed by atoms with Crippen LogP contribution in [-0.2, 0) is 0 Å². The number of rotatable bonds is 3. The number of anilines is 2. The maximum Gasteiger partial charge on any atom is 0.154 e. The minimum absolute atomic E-state index is 0.496. The maximum atomic E-state index is 9.87. The van der Waals surface area contributed by atoms with Crippen LogP contribution in [0.5, 0.6) is 0 Å². The first kappa shape index (κ1) is 17.6. The highest BCUT2D eigenvalue weighted by Gasteiger charge is 2.20. The second-order valence-electron chi connectivity index (χ2n) is 6.43. The Morgan fingerprint density at radius 3 is 2.71 bits per heavy atom. The van der Waals surface area contributed by atoms with Crippen LogP contribution in [0, 0.1) is 18.3 Å². The molecule has 3 N–H and O–H groups in total. The fourth-order valence-electron chi connectivity index (χ4n) is 3.11. The van der Waals surface area contributed by atoms with E-state index < -0.39 is 6.23 Å². The van der Waals surface area contributed by atoms with Crippen LogP contribution in [0.1, 0.15) is 17.0 Å². The first-order valence-electron chi connectivity index (χ1n) is 8.79. The van der Waals surface area contributed by atoms with Crippen molar-refractivity contribution in [3.8, 4) is 28.6 Å². The Hall–Kier alpha value is -3.76. The molecule has 1 aromatic carbocycles. The lowest BCUT2D eigenvalue weighted by atomic mass is 10.0. The summed E-state index contributed by atoms with van der Waals surface area (Å²) in [5.41, 5.74) is 4.97. The molecule has 2 aromatic heterocycles. The topological polar surface area (TPSA) is 107 Å². The van der Waals surface area contributed by atoms with Gasteiger partial charge in [-0.3, -0.25) is 0 Å². The SMILES string of the molecule is CNc1cc(-c2nc3c(nc2-c2cccc(C#N)c2)NC(O)C=C3)cc(C)n1. The summed E-state index contributed by atoms with van der Waals surface area (Å²) in [5, 5.41) is 25.1. The third kappa shape index (κ3) is 3.29. The van der Waals surface area contributed by atoms with E-state index in [1.807, 2.05) is 38.2 Å². The molecular weight excluding hydrogens is 352 g/mol. The van der Waals surface area contributed by atoms with E-state index in [2.05, 4.69) is 21.7 Å². The molecule has 1 unspecified atom stereocenters. The third-order valence-corrected chi connectivity index (χ3v) is 4.39. The molecule has 0 saturated heterocycles. The van der Waals surface area contributed by atoms with Crippen molar-refractivity contribution in [1.29, 1.82) is 5.26 Å². The predicted octanol–water partition coefficient (Wildman–Crippen LogP) is 3.18. The lowest BCUT2D eigenvalue weighted by Crippen LogP contribution is -2.21. The lowest BCUT2D eigenvalue weighted by molar-refractivity contribution is 0.251.